The van der Waals surface area contributed by atoms with Crippen LogP contribution in [0.1, 0.15) is 16.8 Å². The number of aliphatic imine (C=N–C) groups is 1. The molecule has 1 aliphatic rings. The Morgan fingerprint density at radius 2 is 1.68 bits per heavy atom. The second-order valence-electron chi connectivity index (χ2n) is 8.74. The number of carbonyl (C=O) groups excluding carboxylic acids is 1. The summed E-state index contributed by atoms with van der Waals surface area (Å²) in [6, 6.07) is 26.3. The van der Waals surface area contributed by atoms with Gasteiger partial charge >= 0.3 is 0 Å². The van der Waals surface area contributed by atoms with Gasteiger partial charge in [0.05, 0.1) is 30.9 Å². The van der Waals surface area contributed by atoms with Gasteiger partial charge in [-0.05, 0) is 60.7 Å². The number of nitrogens with zero attached hydrogens (tertiary/aromatic N) is 3. The third kappa shape index (κ3) is 5.19. The molecule has 2 heterocycles. The van der Waals surface area contributed by atoms with Crippen LogP contribution in [0.25, 0.3) is 17.0 Å². The number of methoxy groups -OCH3 is 2. The fourth-order valence-corrected chi connectivity index (χ4v) is 5.49. The van der Waals surface area contributed by atoms with Gasteiger partial charge in [-0.1, -0.05) is 48.5 Å². The van der Waals surface area contributed by atoms with Gasteiger partial charge in [-0.15, -0.1) is 0 Å². The molecule has 0 N–H and O–H groups in total. The highest BCUT2D eigenvalue weighted by atomic mass is 32.2. The van der Waals surface area contributed by atoms with Gasteiger partial charge in [0.25, 0.3) is 5.91 Å². The lowest BCUT2D eigenvalue weighted by molar-refractivity contribution is -0.122. The molecule has 188 valence electrons. The first kappa shape index (κ1) is 24.9. The van der Waals surface area contributed by atoms with Crippen LogP contribution in [0.15, 0.2) is 88.8 Å². The average molecular weight is 512 g/mol. The number of rotatable bonds is 8. The molecule has 5 rings (SSSR count). The van der Waals surface area contributed by atoms with Gasteiger partial charge in [0.15, 0.2) is 5.17 Å². The molecule has 0 bridgehead atoms. The molecule has 0 aliphatic carbocycles. The zero-order chi connectivity index (χ0) is 25.8. The summed E-state index contributed by atoms with van der Waals surface area (Å²) in [5.74, 6) is 0.701. The lowest BCUT2D eigenvalue weighted by Gasteiger charge is -2.14. The minimum absolute atomic E-state index is 0.0615. The molecule has 1 amide bonds. The quantitative estimate of drug-likeness (QED) is 0.262. The minimum Gasteiger partial charge on any atom is -0.497 e. The van der Waals surface area contributed by atoms with Gasteiger partial charge < -0.3 is 14.0 Å². The Hall–Kier alpha value is -3.81. The number of ether oxygens (including phenoxy) is 2. The zero-order valence-corrected chi connectivity index (χ0v) is 22.0. The van der Waals surface area contributed by atoms with Crippen molar-refractivity contribution in [1.82, 2.24) is 9.47 Å². The second-order valence-corrected chi connectivity index (χ2v) is 9.75. The van der Waals surface area contributed by atoms with Crippen LogP contribution in [-0.4, -0.2) is 47.9 Å². The predicted octanol–water partition coefficient (Wildman–Crippen LogP) is 6.26. The Balaban J connectivity index is 1.54. The summed E-state index contributed by atoms with van der Waals surface area (Å²) in [6.45, 7) is 3.75. The molecular weight excluding hydrogens is 482 g/mol. The van der Waals surface area contributed by atoms with E-state index in [2.05, 4.69) is 54.0 Å². The summed E-state index contributed by atoms with van der Waals surface area (Å²) in [4.78, 5) is 20.7. The van der Waals surface area contributed by atoms with Crippen molar-refractivity contribution in [2.75, 3.05) is 27.4 Å². The topological polar surface area (TPSA) is 56.1 Å². The highest BCUT2D eigenvalue weighted by molar-refractivity contribution is 8.18. The van der Waals surface area contributed by atoms with Crippen molar-refractivity contribution in [2.45, 2.75) is 13.5 Å². The van der Waals surface area contributed by atoms with Gasteiger partial charge in [0.1, 0.15) is 5.75 Å². The Morgan fingerprint density at radius 3 is 2.41 bits per heavy atom. The number of hydrogen-bond donors (Lipinski definition) is 0. The van der Waals surface area contributed by atoms with E-state index in [9.17, 15) is 4.79 Å². The number of amides is 1. The molecule has 0 spiro atoms. The summed E-state index contributed by atoms with van der Waals surface area (Å²) >= 11 is 1.40. The fraction of sp³-hybridized carbons (Fsp3) is 0.200. The summed E-state index contributed by atoms with van der Waals surface area (Å²) < 4.78 is 12.8. The lowest BCUT2D eigenvalue weighted by atomic mass is 10.1. The van der Waals surface area contributed by atoms with Crippen molar-refractivity contribution < 1.29 is 14.3 Å². The van der Waals surface area contributed by atoms with Gasteiger partial charge in [0, 0.05) is 35.8 Å². The van der Waals surface area contributed by atoms with Crippen LogP contribution in [0.2, 0.25) is 0 Å². The van der Waals surface area contributed by atoms with E-state index in [-0.39, 0.29) is 5.91 Å². The molecule has 1 aliphatic heterocycles. The van der Waals surface area contributed by atoms with Crippen LogP contribution in [0.4, 0.5) is 5.69 Å². The van der Waals surface area contributed by atoms with Crippen molar-refractivity contribution >= 4 is 45.5 Å². The van der Waals surface area contributed by atoms with E-state index in [4.69, 9.17) is 14.5 Å². The first-order valence-corrected chi connectivity index (χ1v) is 13.0. The third-order valence-electron chi connectivity index (χ3n) is 6.44. The Morgan fingerprint density at radius 1 is 0.946 bits per heavy atom. The molecular formula is C30H29N3O3S. The van der Waals surface area contributed by atoms with Gasteiger partial charge in [-0.2, -0.15) is 0 Å². The average Bonchev–Trinajstić information content (AvgIpc) is 3.36. The van der Waals surface area contributed by atoms with Gasteiger partial charge in [0.2, 0.25) is 0 Å². The van der Waals surface area contributed by atoms with Crippen molar-refractivity contribution in [3.8, 4) is 5.75 Å². The van der Waals surface area contributed by atoms with Crippen molar-refractivity contribution in [1.29, 1.82) is 0 Å². The molecule has 1 fully saturated rings. The van der Waals surface area contributed by atoms with E-state index in [0.29, 0.717) is 23.2 Å². The van der Waals surface area contributed by atoms with Crippen LogP contribution < -0.4 is 4.74 Å². The Bertz CT molecular complexity index is 1470. The number of aromatic nitrogens is 1. The second kappa shape index (κ2) is 11.1. The maximum absolute atomic E-state index is 13.5. The molecule has 7 heteroatoms. The zero-order valence-electron chi connectivity index (χ0n) is 21.2. The van der Waals surface area contributed by atoms with Crippen molar-refractivity contribution in [3.63, 3.8) is 0 Å². The molecule has 3 aromatic carbocycles. The first-order valence-electron chi connectivity index (χ1n) is 12.1. The van der Waals surface area contributed by atoms with E-state index in [0.717, 1.165) is 40.1 Å². The van der Waals surface area contributed by atoms with Crippen LogP contribution in [0, 0.1) is 6.92 Å². The van der Waals surface area contributed by atoms with Crippen LogP contribution in [0.5, 0.6) is 5.75 Å². The third-order valence-corrected chi connectivity index (χ3v) is 7.45. The van der Waals surface area contributed by atoms with Crippen LogP contribution >= 0.6 is 11.8 Å². The number of fused-ring (bicyclic) bond motifs is 1. The minimum atomic E-state index is -0.0615. The maximum atomic E-state index is 13.5. The van der Waals surface area contributed by atoms with Crippen molar-refractivity contribution in [3.05, 3.63) is 101 Å². The fourth-order valence-electron chi connectivity index (χ4n) is 4.48. The number of carbonyl (C=O) groups is 1. The normalized spacial score (nSPS) is 15.9. The summed E-state index contributed by atoms with van der Waals surface area (Å²) in [5, 5.41) is 1.77. The Labute approximate surface area is 221 Å². The number of amidine groups is 1. The first-order chi connectivity index (χ1) is 18.1. The summed E-state index contributed by atoms with van der Waals surface area (Å²) in [7, 11) is 3.27. The van der Waals surface area contributed by atoms with Gasteiger partial charge in [-0.3, -0.25) is 9.69 Å². The monoisotopic (exact) mass is 511 g/mol. The predicted molar refractivity (Wildman–Crippen MR) is 151 cm³/mol. The molecule has 0 radical (unpaired) electrons. The van der Waals surface area contributed by atoms with Crippen LogP contribution in [-0.2, 0) is 16.1 Å². The standard InChI is InChI=1S/C30H29N3O3S/c1-21-26(25-11-7-8-12-27(25)33(21)20-22-9-5-4-6-10-22)19-28-29(34)32(17-18-35-2)30(37-28)31-23-13-15-24(36-3)16-14-23/h4-16,19H,17-18,20H2,1-3H3/b28-19+,31-30?. The number of thioether (sulfide) groups is 1. The van der Waals surface area contributed by atoms with Crippen molar-refractivity contribution in [2.24, 2.45) is 4.99 Å². The van der Waals surface area contributed by atoms with E-state index in [1.165, 1.54) is 17.3 Å². The summed E-state index contributed by atoms with van der Waals surface area (Å²) in [5.41, 5.74) is 5.32. The lowest BCUT2D eigenvalue weighted by Crippen LogP contribution is -2.32. The van der Waals surface area contributed by atoms with E-state index in [1.807, 2.05) is 42.5 Å². The largest absolute Gasteiger partial charge is 0.497 e. The smallest absolute Gasteiger partial charge is 0.266 e. The molecule has 1 aromatic heterocycles. The van der Waals surface area contributed by atoms with Crippen LogP contribution in [0.3, 0.4) is 0 Å². The SMILES string of the molecule is COCCN1C(=O)/C(=C\c2c(C)n(Cc3ccccc3)c3ccccc23)SC1=Nc1ccc(OC)cc1. The molecule has 4 aromatic rings. The van der Waals surface area contributed by atoms with Gasteiger partial charge in [-0.25, -0.2) is 4.99 Å². The molecule has 1 saturated heterocycles. The highest BCUT2D eigenvalue weighted by Gasteiger charge is 2.33. The summed E-state index contributed by atoms with van der Waals surface area (Å²) in [6.07, 6.45) is 2.02. The highest BCUT2D eigenvalue weighted by Crippen LogP contribution is 2.37. The molecule has 37 heavy (non-hydrogen) atoms. The molecule has 0 saturated carbocycles. The maximum Gasteiger partial charge on any atom is 0.266 e. The molecule has 6 nitrogen and oxygen atoms in total. The van der Waals surface area contributed by atoms with E-state index >= 15 is 0 Å². The molecule has 0 atom stereocenters. The number of benzene rings is 3. The Kier molecular flexibility index (Phi) is 7.44. The number of hydrogen-bond acceptors (Lipinski definition) is 5. The molecule has 0 unspecified atom stereocenters. The van der Waals surface area contributed by atoms with E-state index in [1.54, 1.807) is 19.1 Å². The number of para-hydroxylation sites is 1. The van der Waals surface area contributed by atoms with E-state index < -0.39 is 0 Å².